The summed E-state index contributed by atoms with van der Waals surface area (Å²) in [5.74, 6) is 1.31. The van der Waals surface area contributed by atoms with E-state index in [0.29, 0.717) is 12.5 Å². The molecule has 0 aliphatic carbocycles. The summed E-state index contributed by atoms with van der Waals surface area (Å²) >= 11 is 0. The molecule has 6 heteroatoms. The van der Waals surface area contributed by atoms with Crippen molar-refractivity contribution in [1.82, 2.24) is 5.32 Å². The lowest BCUT2D eigenvalue weighted by Gasteiger charge is -2.03. The highest BCUT2D eigenvalue weighted by Crippen LogP contribution is 1.99. The number of furan rings is 1. The minimum Gasteiger partial charge on any atom is -0.469 e. The van der Waals surface area contributed by atoms with Crippen molar-refractivity contribution in [3.05, 3.63) is 24.2 Å². The van der Waals surface area contributed by atoms with Gasteiger partial charge in [0.2, 0.25) is 5.96 Å². The van der Waals surface area contributed by atoms with Gasteiger partial charge in [-0.3, -0.25) is 4.99 Å². The van der Waals surface area contributed by atoms with Crippen LogP contribution in [0.3, 0.4) is 0 Å². The lowest BCUT2D eigenvalue weighted by Crippen LogP contribution is -2.30. The molecule has 1 rings (SSSR count). The van der Waals surface area contributed by atoms with Crippen LogP contribution < -0.4 is 16.8 Å². The Kier molecular flexibility index (Phi) is 4.21. The molecule has 0 atom stereocenters. The molecule has 0 bridgehead atoms. The first-order valence-corrected chi connectivity index (χ1v) is 4.55. The predicted octanol–water partition coefficient (Wildman–Crippen LogP) is -0.329. The number of guanidine groups is 2. The van der Waals surface area contributed by atoms with Crippen molar-refractivity contribution in [2.45, 2.75) is 6.42 Å². The molecule has 1 aromatic heterocycles. The van der Waals surface area contributed by atoms with E-state index in [-0.39, 0.29) is 5.96 Å². The van der Waals surface area contributed by atoms with Crippen LogP contribution in [0.2, 0.25) is 0 Å². The number of nitrogens with zero attached hydrogens (tertiary/aromatic N) is 2. The molecule has 0 amide bonds. The van der Waals surface area contributed by atoms with Crippen LogP contribution in [0.4, 0.5) is 0 Å². The molecule has 1 heterocycles. The van der Waals surface area contributed by atoms with Crippen molar-refractivity contribution in [3.63, 3.8) is 0 Å². The van der Waals surface area contributed by atoms with Crippen molar-refractivity contribution in [2.75, 3.05) is 13.6 Å². The van der Waals surface area contributed by atoms with E-state index in [0.717, 1.165) is 12.2 Å². The molecule has 0 saturated carbocycles. The highest BCUT2D eigenvalue weighted by molar-refractivity contribution is 5.93. The first kappa shape index (κ1) is 11.1. The maximum absolute atomic E-state index is 5.22. The molecule has 0 saturated heterocycles. The summed E-state index contributed by atoms with van der Waals surface area (Å²) in [6.07, 6.45) is 2.40. The predicted molar refractivity (Wildman–Crippen MR) is 59.6 cm³/mol. The molecule has 1 aromatic rings. The van der Waals surface area contributed by atoms with E-state index in [2.05, 4.69) is 15.3 Å². The second-order valence-corrected chi connectivity index (χ2v) is 2.84. The van der Waals surface area contributed by atoms with Gasteiger partial charge < -0.3 is 21.2 Å². The van der Waals surface area contributed by atoms with E-state index in [1.165, 1.54) is 0 Å². The summed E-state index contributed by atoms with van der Waals surface area (Å²) in [6.45, 7) is 0.664. The Labute approximate surface area is 88.1 Å². The quantitative estimate of drug-likeness (QED) is 0.468. The number of aliphatic imine (C=N–C) groups is 2. The van der Waals surface area contributed by atoms with Crippen LogP contribution in [0, 0.1) is 0 Å². The Morgan fingerprint density at radius 2 is 2.33 bits per heavy atom. The lowest BCUT2D eigenvalue weighted by atomic mass is 10.3. The maximum Gasteiger partial charge on any atom is 0.220 e. The molecule has 5 N–H and O–H groups in total. The monoisotopic (exact) mass is 209 g/mol. The average Bonchev–Trinajstić information content (AvgIpc) is 2.68. The van der Waals surface area contributed by atoms with Crippen LogP contribution in [-0.2, 0) is 6.42 Å². The second kappa shape index (κ2) is 5.69. The summed E-state index contributed by atoms with van der Waals surface area (Å²) in [5.41, 5.74) is 10.4. The first-order valence-electron chi connectivity index (χ1n) is 4.55. The van der Waals surface area contributed by atoms with Crippen molar-refractivity contribution in [2.24, 2.45) is 21.5 Å². The lowest BCUT2D eigenvalue weighted by molar-refractivity contribution is 0.507. The van der Waals surface area contributed by atoms with E-state index >= 15 is 0 Å². The van der Waals surface area contributed by atoms with Gasteiger partial charge in [-0.25, -0.2) is 0 Å². The smallest absolute Gasteiger partial charge is 0.220 e. The van der Waals surface area contributed by atoms with E-state index in [9.17, 15) is 0 Å². The topological polar surface area (TPSA) is 102 Å². The molecule has 82 valence electrons. The number of hydrogen-bond acceptors (Lipinski definition) is 2. The van der Waals surface area contributed by atoms with Crippen LogP contribution in [-0.4, -0.2) is 25.5 Å². The standard InChI is InChI=1S/C9H15N5O/c1-12-9(14-8(10)11)13-5-4-7-3-2-6-15-7/h2-3,6H,4-5H2,1H3,(H5,10,11,12,13,14). The van der Waals surface area contributed by atoms with Crippen LogP contribution in [0.15, 0.2) is 32.8 Å². The van der Waals surface area contributed by atoms with Crippen molar-refractivity contribution >= 4 is 11.9 Å². The number of nitrogens with two attached hydrogens (primary N) is 2. The van der Waals surface area contributed by atoms with Gasteiger partial charge in [-0.05, 0) is 12.1 Å². The Morgan fingerprint density at radius 1 is 1.53 bits per heavy atom. The SMILES string of the molecule is CN=C(N=C(N)N)NCCc1ccco1. The van der Waals surface area contributed by atoms with Gasteiger partial charge in [0.25, 0.3) is 0 Å². The van der Waals surface area contributed by atoms with Gasteiger partial charge in [-0.1, -0.05) is 0 Å². The number of nitrogens with one attached hydrogen (secondary N) is 1. The molecule has 0 spiro atoms. The third kappa shape index (κ3) is 4.17. The summed E-state index contributed by atoms with van der Waals surface area (Å²) in [4.78, 5) is 7.67. The molecule has 0 aromatic carbocycles. The van der Waals surface area contributed by atoms with Gasteiger partial charge in [-0.2, -0.15) is 4.99 Å². The fourth-order valence-corrected chi connectivity index (χ4v) is 1.04. The van der Waals surface area contributed by atoms with E-state index < -0.39 is 0 Å². The third-order valence-corrected chi connectivity index (χ3v) is 1.68. The largest absolute Gasteiger partial charge is 0.469 e. The molecule has 0 unspecified atom stereocenters. The minimum atomic E-state index is -0.0129. The zero-order chi connectivity index (χ0) is 11.1. The van der Waals surface area contributed by atoms with E-state index in [4.69, 9.17) is 15.9 Å². The number of rotatable bonds is 3. The highest BCUT2D eigenvalue weighted by atomic mass is 16.3. The van der Waals surface area contributed by atoms with Gasteiger partial charge in [0, 0.05) is 20.0 Å². The van der Waals surface area contributed by atoms with Crippen molar-refractivity contribution < 1.29 is 4.42 Å². The summed E-state index contributed by atoms with van der Waals surface area (Å²) < 4.78 is 5.16. The van der Waals surface area contributed by atoms with Gasteiger partial charge in [0.05, 0.1) is 6.26 Å². The van der Waals surface area contributed by atoms with Gasteiger partial charge in [0.15, 0.2) is 5.96 Å². The molecule has 0 aliphatic heterocycles. The summed E-state index contributed by atoms with van der Waals surface area (Å²) in [5, 5.41) is 2.98. The van der Waals surface area contributed by atoms with E-state index in [1.807, 2.05) is 12.1 Å². The van der Waals surface area contributed by atoms with Crippen molar-refractivity contribution in [3.8, 4) is 0 Å². The zero-order valence-electron chi connectivity index (χ0n) is 8.60. The minimum absolute atomic E-state index is 0.0129. The Bertz CT molecular complexity index is 337. The molecule has 0 radical (unpaired) electrons. The molecule has 15 heavy (non-hydrogen) atoms. The van der Waals surface area contributed by atoms with Crippen LogP contribution in [0.25, 0.3) is 0 Å². The summed E-state index contributed by atoms with van der Waals surface area (Å²) in [7, 11) is 1.61. The van der Waals surface area contributed by atoms with Gasteiger partial charge in [0.1, 0.15) is 5.76 Å². The number of hydrogen-bond donors (Lipinski definition) is 3. The first-order chi connectivity index (χ1) is 7.22. The van der Waals surface area contributed by atoms with Crippen LogP contribution in [0.1, 0.15) is 5.76 Å². The fourth-order valence-electron chi connectivity index (χ4n) is 1.04. The molecular formula is C9H15N5O. The summed E-state index contributed by atoms with van der Waals surface area (Å²) in [6, 6.07) is 3.76. The van der Waals surface area contributed by atoms with Crippen LogP contribution >= 0.6 is 0 Å². The molecule has 0 fully saturated rings. The fraction of sp³-hybridized carbons (Fsp3) is 0.333. The van der Waals surface area contributed by atoms with Crippen LogP contribution in [0.5, 0.6) is 0 Å². The van der Waals surface area contributed by atoms with Gasteiger partial charge >= 0.3 is 0 Å². The Balaban J connectivity index is 2.33. The molecule has 0 aliphatic rings. The van der Waals surface area contributed by atoms with Gasteiger partial charge in [-0.15, -0.1) is 0 Å². The normalized spacial score (nSPS) is 11.1. The maximum atomic E-state index is 5.22. The second-order valence-electron chi connectivity index (χ2n) is 2.84. The molecular weight excluding hydrogens is 194 g/mol. The highest BCUT2D eigenvalue weighted by Gasteiger charge is 1.97. The zero-order valence-corrected chi connectivity index (χ0v) is 8.60. The Morgan fingerprint density at radius 3 is 2.87 bits per heavy atom. The molecule has 6 nitrogen and oxygen atoms in total. The van der Waals surface area contributed by atoms with Crippen molar-refractivity contribution in [1.29, 1.82) is 0 Å². The average molecular weight is 209 g/mol. The Hall–Kier alpha value is -1.98. The van der Waals surface area contributed by atoms with E-state index in [1.54, 1.807) is 13.3 Å². The third-order valence-electron chi connectivity index (χ3n) is 1.68.